The molecule has 1 aromatic heterocycles. The number of thiol groups is 1. The number of hydrogen-bond acceptors (Lipinski definition) is 5. The first kappa shape index (κ1) is 11.7. The monoisotopic (exact) mass is 239 g/mol. The van der Waals surface area contributed by atoms with E-state index in [1.807, 2.05) is 23.7 Å². The van der Waals surface area contributed by atoms with Crippen molar-refractivity contribution in [2.45, 2.75) is 0 Å². The third-order valence-corrected chi connectivity index (χ3v) is 2.48. The molecule has 0 aliphatic heterocycles. The molecule has 1 aromatic carbocycles. The maximum atomic E-state index is 9.76. The molecule has 78 valence electrons. The summed E-state index contributed by atoms with van der Waals surface area (Å²) in [4.78, 5) is 13.9. The molecule has 2 aromatic rings. The van der Waals surface area contributed by atoms with Crippen LogP contribution in [0.15, 0.2) is 42.4 Å². The van der Waals surface area contributed by atoms with Crippen LogP contribution < -0.4 is 0 Å². The predicted octanol–water partition coefficient (Wildman–Crippen LogP) is 2.86. The number of nitrogens with zero attached hydrogens (tertiary/aromatic N) is 1. The maximum Gasteiger partial charge on any atom is 0.341 e. The molecule has 3 nitrogen and oxygen atoms in total. The third kappa shape index (κ3) is 3.73. The van der Waals surface area contributed by atoms with Gasteiger partial charge in [0.2, 0.25) is 0 Å². The van der Waals surface area contributed by atoms with Gasteiger partial charge in [-0.05, 0) is 12.1 Å². The van der Waals surface area contributed by atoms with Crippen molar-refractivity contribution >= 4 is 40.4 Å². The van der Waals surface area contributed by atoms with Crippen LogP contribution in [0.1, 0.15) is 0 Å². The quantitative estimate of drug-likeness (QED) is 0.472. The summed E-state index contributed by atoms with van der Waals surface area (Å²) in [7, 11) is 0. The summed E-state index contributed by atoms with van der Waals surface area (Å²) >= 11 is 4.85. The Kier molecular flexibility index (Phi) is 4.86. The van der Waals surface area contributed by atoms with Crippen LogP contribution in [0.5, 0.6) is 0 Å². The largest absolute Gasteiger partial charge is 0.391 e. The van der Waals surface area contributed by atoms with Gasteiger partial charge in [0.05, 0.1) is 15.7 Å². The van der Waals surface area contributed by atoms with Gasteiger partial charge in [0.25, 0.3) is 0 Å². The number of hydrogen-bond donors (Lipinski definition) is 1. The van der Waals surface area contributed by atoms with Gasteiger partial charge in [0, 0.05) is 19.0 Å². The molecule has 0 saturated heterocycles. The molecule has 0 aliphatic rings. The fraction of sp³-hybridized carbons (Fsp3) is 0. The molecule has 1 heterocycles. The highest BCUT2D eigenvalue weighted by Gasteiger charge is 1.89. The Morgan fingerprint density at radius 1 is 1.53 bits per heavy atom. The number of carbonyl (C=O) groups excluding carboxylic acids is 1. The van der Waals surface area contributed by atoms with Crippen LogP contribution in [0, 0.1) is 0 Å². The first-order valence-corrected chi connectivity index (χ1v) is 5.28. The van der Waals surface area contributed by atoms with Crippen LogP contribution in [0.2, 0.25) is 0 Å². The molecule has 0 atom stereocenters. The molecule has 0 amide bonds. The molecular formula is C10H9NO2S2. The van der Waals surface area contributed by atoms with Crippen molar-refractivity contribution < 1.29 is 8.98 Å². The standard InChI is InChI=1S/C7H5NS.C3H4O2S/c1-2-4-7-6(3-1)8-5-9-7;1-2-3(4)5-6/h1-5H;2,6H,1H2. The van der Waals surface area contributed by atoms with E-state index in [1.54, 1.807) is 11.3 Å². The van der Waals surface area contributed by atoms with Gasteiger partial charge in [0.1, 0.15) is 0 Å². The normalized spacial score (nSPS) is 8.87. The maximum absolute atomic E-state index is 9.76. The first-order valence-electron chi connectivity index (χ1n) is 4.04. The highest BCUT2D eigenvalue weighted by Crippen LogP contribution is 2.15. The molecular weight excluding hydrogens is 230 g/mol. The van der Waals surface area contributed by atoms with Gasteiger partial charge in [-0.25, -0.2) is 9.78 Å². The predicted molar refractivity (Wildman–Crippen MR) is 64.9 cm³/mol. The zero-order valence-electron chi connectivity index (χ0n) is 7.79. The highest BCUT2D eigenvalue weighted by molar-refractivity contribution is 7.75. The number of benzene rings is 1. The lowest BCUT2D eigenvalue weighted by molar-refractivity contribution is -0.127. The second-order valence-corrected chi connectivity index (χ2v) is 3.50. The van der Waals surface area contributed by atoms with E-state index < -0.39 is 5.97 Å². The number of fused-ring (bicyclic) bond motifs is 1. The van der Waals surface area contributed by atoms with E-state index in [0.717, 1.165) is 11.6 Å². The summed E-state index contributed by atoms with van der Waals surface area (Å²) in [5.74, 6) is -0.529. The Balaban J connectivity index is 0.000000167. The first-order chi connectivity index (χ1) is 7.27. The summed E-state index contributed by atoms with van der Waals surface area (Å²) in [6.45, 7) is 3.11. The zero-order valence-corrected chi connectivity index (χ0v) is 9.50. The SMILES string of the molecule is C=CC(=O)OS.c1ccc2scnc2c1. The van der Waals surface area contributed by atoms with E-state index in [1.165, 1.54) is 4.70 Å². The van der Waals surface area contributed by atoms with Crippen molar-refractivity contribution in [2.24, 2.45) is 0 Å². The topological polar surface area (TPSA) is 39.2 Å². The van der Waals surface area contributed by atoms with Crippen molar-refractivity contribution in [1.29, 1.82) is 0 Å². The smallest absolute Gasteiger partial charge is 0.341 e. The fourth-order valence-electron chi connectivity index (χ4n) is 0.841. The molecule has 15 heavy (non-hydrogen) atoms. The lowest BCUT2D eigenvalue weighted by Crippen LogP contribution is -1.86. The summed E-state index contributed by atoms with van der Waals surface area (Å²) < 4.78 is 5.10. The second-order valence-electron chi connectivity index (χ2n) is 2.43. The molecule has 2 rings (SSSR count). The van der Waals surface area contributed by atoms with Gasteiger partial charge >= 0.3 is 5.97 Å². The molecule has 0 unspecified atom stereocenters. The molecule has 0 spiro atoms. The van der Waals surface area contributed by atoms with Crippen LogP contribution in [0.25, 0.3) is 10.2 Å². The lowest BCUT2D eigenvalue weighted by atomic mass is 10.3. The average Bonchev–Trinajstić information content (AvgIpc) is 2.76. The fourth-order valence-corrected chi connectivity index (χ4v) is 1.59. The summed E-state index contributed by atoms with van der Waals surface area (Å²) in [6, 6.07) is 8.13. The molecule has 5 heteroatoms. The van der Waals surface area contributed by atoms with Crippen molar-refractivity contribution in [3.05, 3.63) is 42.4 Å². The van der Waals surface area contributed by atoms with E-state index in [-0.39, 0.29) is 0 Å². The Morgan fingerprint density at radius 3 is 2.80 bits per heavy atom. The van der Waals surface area contributed by atoms with Gasteiger partial charge in [-0.1, -0.05) is 18.7 Å². The van der Waals surface area contributed by atoms with E-state index in [0.29, 0.717) is 0 Å². The molecule has 0 radical (unpaired) electrons. The van der Waals surface area contributed by atoms with E-state index in [4.69, 9.17) is 0 Å². The summed E-state index contributed by atoms with van der Waals surface area (Å²) in [5.41, 5.74) is 2.97. The molecule has 0 bridgehead atoms. The van der Waals surface area contributed by atoms with Crippen molar-refractivity contribution in [1.82, 2.24) is 4.98 Å². The number of aromatic nitrogens is 1. The Morgan fingerprint density at radius 2 is 2.27 bits per heavy atom. The van der Waals surface area contributed by atoms with E-state index in [9.17, 15) is 4.79 Å². The molecule has 0 aliphatic carbocycles. The minimum Gasteiger partial charge on any atom is -0.391 e. The average molecular weight is 239 g/mol. The Labute approximate surface area is 97.0 Å². The number of thiazole rings is 1. The zero-order chi connectivity index (χ0) is 11.1. The van der Waals surface area contributed by atoms with Crippen molar-refractivity contribution in [3.8, 4) is 0 Å². The van der Waals surface area contributed by atoms with Crippen molar-refractivity contribution in [2.75, 3.05) is 0 Å². The van der Waals surface area contributed by atoms with Crippen LogP contribution in [-0.2, 0) is 8.98 Å². The lowest BCUT2D eigenvalue weighted by Gasteiger charge is -1.80. The van der Waals surface area contributed by atoms with Crippen molar-refractivity contribution in [3.63, 3.8) is 0 Å². The number of rotatable bonds is 1. The molecule has 0 N–H and O–H groups in total. The van der Waals surface area contributed by atoms with Gasteiger partial charge in [-0.3, -0.25) is 0 Å². The molecule has 0 fully saturated rings. The number of para-hydroxylation sites is 1. The van der Waals surface area contributed by atoms with Crippen LogP contribution in [0.3, 0.4) is 0 Å². The van der Waals surface area contributed by atoms with Crippen LogP contribution in [-0.4, -0.2) is 11.0 Å². The second kappa shape index (κ2) is 6.21. The number of carbonyl (C=O) groups is 1. The van der Waals surface area contributed by atoms with Crippen LogP contribution >= 0.6 is 24.2 Å². The highest BCUT2D eigenvalue weighted by atomic mass is 32.1. The summed E-state index contributed by atoms with van der Waals surface area (Å²) in [5, 5.41) is 0. The van der Waals surface area contributed by atoms with E-state index >= 15 is 0 Å². The minimum absolute atomic E-state index is 0.529. The minimum atomic E-state index is -0.529. The Hall–Kier alpha value is -1.33. The molecule has 0 saturated carbocycles. The Bertz CT molecular complexity index is 423. The van der Waals surface area contributed by atoms with E-state index in [2.05, 4.69) is 34.7 Å². The van der Waals surface area contributed by atoms with Gasteiger partial charge in [-0.2, -0.15) is 0 Å². The summed E-state index contributed by atoms with van der Waals surface area (Å²) in [6.07, 6.45) is 1.03. The van der Waals surface area contributed by atoms with Crippen LogP contribution in [0.4, 0.5) is 0 Å². The van der Waals surface area contributed by atoms with Gasteiger partial charge in [0.15, 0.2) is 0 Å². The third-order valence-electron chi connectivity index (χ3n) is 1.49. The van der Waals surface area contributed by atoms with Gasteiger partial charge in [-0.15, -0.1) is 11.3 Å². The van der Waals surface area contributed by atoms with Gasteiger partial charge < -0.3 is 4.18 Å².